The summed E-state index contributed by atoms with van der Waals surface area (Å²) >= 11 is 1.85. The molecule has 2 aliphatic heterocycles. The number of likely N-dealkylation sites (tertiary alicyclic amines) is 1. The summed E-state index contributed by atoms with van der Waals surface area (Å²) in [6, 6.07) is 9.29. The van der Waals surface area contributed by atoms with Gasteiger partial charge in [-0.1, -0.05) is 6.07 Å². The van der Waals surface area contributed by atoms with Gasteiger partial charge in [-0.15, -0.1) is 11.3 Å². The summed E-state index contributed by atoms with van der Waals surface area (Å²) in [6.45, 7) is 5.28. The van der Waals surface area contributed by atoms with Gasteiger partial charge in [-0.2, -0.15) is 0 Å². The summed E-state index contributed by atoms with van der Waals surface area (Å²) in [7, 11) is 4.38. The van der Waals surface area contributed by atoms with Crippen LogP contribution in [-0.2, 0) is 24.9 Å². The Morgan fingerprint density at radius 3 is 2.80 bits per heavy atom. The first kappa shape index (κ1) is 17.3. The fourth-order valence-electron chi connectivity index (χ4n) is 4.24. The molecule has 25 heavy (non-hydrogen) atoms. The van der Waals surface area contributed by atoms with Crippen LogP contribution in [0.15, 0.2) is 35.8 Å². The zero-order valence-electron chi connectivity index (χ0n) is 15.4. The van der Waals surface area contributed by atoms with E-state index < -0.39 is 0 Å². The second kappa shape index (κ2) is 7.23. The molecule has 2 saturated heterocycles. The predicted octanol–water partition coefficient (Wildman–Crippen LogP) is 3.34. The lowest BCUT2D eigenvalue weighted by molar-refractivity contribution is -0.0455. The molecule has 4 heterocycles. The highest BCUT2D eigenvalue weighted by Gasteiger charge is 2.43. The van der Waals surface area contributed by atoms with E-state index in [1.54, 1.807) is 0 Å². The van der Waals surface area contributed by atoms with Crippen LogP contribution in [0.5, 0.6) is 0 Å². The highest BCUT2D eigenvalue weighted by molar-refractivity contribution is 7.09. The quantitative estimate of drug-likeness (QED) is 0.817. The maximum atomic E-state index is 6.37. The number of hydrogen-bond donors (Lipinski definition) is 0. The Morgan fingerprint density at radius 2 is 2.12 bits per heavy atom. The highest BCUT2D eigenvalue weighted by Crippen LogP contribution is 2.38. The molecule has 136 valence electrons. The first-order valence-electron chi connectivity index (χ1n) is 9.33. The number of aryl methyl sites for hydroxylation is 1. The summed E-state index contributed by atoms with van der Waals surface area (Å²) in [5.74, 6) is 0. The molecule has 4 rings (SSSR count). The maximum Gasteiger partial charge on any atom is 0.0723 e. The average molecular weight is 360 g/mol. The van der Waals surface area contributed by atoms with Crippen molar-refractivity contribution in [2.24, 2.45) is 7.05 Å². The van der Waals surface area contributed by atoms with E-state index in [4.69, 9.17) is 4.74 Å². The van der Waals surface area contributed by atoms with Crippen molar-refractivity contribution in [3.63, 3.8) is 0 Å². The molecule has 1 spiro atoms. The van der Waals surface area contributed by atoms with Gasteiger partial charge in [-0.05, 0) is 49.9 Å². The van der Waals surface area contributed by atoms with Gasteiger partial charge in [0.15, 0.2) is 0 Å². The monoisotopic (exact) mass is 359 g/mol. The minimum Gasteiger partial charge on any atom is -0.373 e. The van der Waals surface area contributed by atoms with E-state index in [0.29, 0.717) is 6.04 Å². The van der Waals surface area contributed by atoms with Gasteiger partial charge in [-0.25, -0.2) is 0 Å². The van der Waals surface area contributed by atoms with Gasteiger partial charge in [0.05, 0.1) is 12.2 Å². The van der Waals surface area contributed by atoms with Gasteiger partial charge >= 0.3 is 0 Å². The number of hydrogen-bond acceptors (Lipinski definition) is 4. The molecule has 0 aliphatic carbocycles. The molecule has 2 aliphatic rings. The van der Waals surface area contributed by atoms with Crippen molar-refractivity contribution in [2.75, 3.05) is 26.7 Å². The van der Waals surface area contributed by atoms with E-state index in [-0.39, 0.29) is 5.60 Å². The van der Waals surface area contributed by atoms with Crippen molar-refractivity contribution < 1.29 is 4.74 Å². The Labute approximate surface area is 155 Å². The number of nitrogens with zero attached hydrogens (tertiary/aromatic N) is 3. The van der Waals surface area contributed by atoms with Gasteiger partial charge in [0.2, 0.25) is 0 Å². The number of piperidine rings is 1. The van der Waals surface area contributed by atoms with E-state index in [1.807, 2.05) is 11.3 Å². The Bertz CT molecular complexity index is 673. The molecule has 0 amide bonds. The third-order valence-electron chi connectivity index (χ3n) is 6.00. The molecular formula is C20H29N3OS. The van der Waals surface area contributed by atoms with Crippen LogP contribution in [0.2, 0.25) is 0 Å². The van der Waals surface area contributed by atoms with Crippen LogP contribution >= 0.6 is 11.3 Å². The van der Waals surface area contributed by atoms with E-state index in [2.05, 4.69) is 64.3 Å². The number of rotatable bonds is 5. The fourth-order valence-corrected chi connectivity index (χ4v) is 5.00. The van der Waals surface area contributed by atoms with Crippen LogP contribution in [0.25, 0.3) is 0 Å². The molecule has 2 aromatic rings. The van der Waals surface area contributed by atoms with E-state index in [1.165, 1.54) is 29.8 Å². The molecule has 1 unspecified atom stereocenters. The summed E-state index contributed by atoms with van der Waals surface area (Å²) in [4.78, 5) is 6.50. The fraction of sp³-hybridized carbons (Fsp3) is 0.600. The molecule has 4 nitrogen and oxygen atoms in total. The molecule has 2 aromatic heterocycles. The summed E-state index contributed by atoms with van der Waals surface area (Å²) in [6.07, 6.45) is 5.66. The third kappa shape index (κ3) is 3.85. The van der Waals surface area contributed by atoms with Crippen LogP contribution in [0.1, 0.15) is 29.8 Å². The smallest absolute Gasteiger partial charge is 0.0723 e. The Balaban J connectivity index is 1.29. The Morgan fingerprint density at radius 1 is 1.28 bits per heavy atom. The van der Waals surface area contributed by atoms with E-state index in [0.717, 1.165) is 32.8 Å². The summed E-state index contributed by atoms with van der Waals surface area (Å²) in [5, 5.41) is 2.16. The van der Waals surface area contributed by atoms with Crippen molar-refractivity contribution in [1.29, 1.82) is 0 Å². The number of likely N-dealkylation sites (N-methyl/N-ethyl adjacent to an activating group) is 1. The minimum absolute atomic E-state index is 0.124. The molecule has 0 N–H and O–H groups in total. The highest BCUT2D eigenvalue weighted by atomic mass is 32.1. The molecule has 0 bridgehead atoms. The predicted molar refractivity (Wildman–Crippen MR) is 103 cm³/mol. The Kier molecular flexibility index (Phi) is 5.00. The summed E-state index contributed by atoms with van der Waals surface area (Å²) < 4.78 is 8.60. The second-order valence-corrected chi connectivity index (χ2v) is 8.77. The van der Waals surface area contributed by atoms with Gasteiger partial charge in [0.25, 0.3) is 0 Å². The number of thiophene rings is 1. The van der Waals surface area contributed by atoms with Crippen LogP contribution < -0.4 is 0 Å². The molecule has 5 heteroatoms. The number of ether oxygens (including phenoxy) is 1. The maximum absolute atomic E-state index is 6.37. The SMILES string of the molecule is CN(Cc1cccs1)C1COC2(CCN(Cc3cccn3C)CC2)C1. The molecule has 0 radical (unpaired) electrons. The molecule has 0 saturated carbocycles. The van der Waals surface area contributed by atoms with Crippen molar-refractivity contribution in [3.8, 4) is 0 Å². The van der Waals surface area contributed by atoms with Crippen molar-refractivity contribution in [3.05, 3.63) is 46.4 Å². The standard InChI is InChI=1S/C20H29N3OS/c1-21-9-3-5-17(21)14-23-10-7-20(8-11-23)13-18(16-24-20)22(2)15-19-6-4-12-25-19/h3-6,9,12,18H,7-8,10-11,13-16H2,1-2H3. The average Bonchev–Trinajstić information content (AvgIpc) is 3.33. The Hall–Kier alpha value is -1.14. The lowest BCUT2D eigenvalue weighted by atomic mass is 9.87. The van der Waals surface area contributed by atoms with Crippen LogP contribution in [0.3, 0.4) is 0 Å². The molecule has 2 fully saturated rings. The van der Waals surface area contributed by atoms with Gasteiger partial charge in [0, 0.05) is 56.0 Å². The van der Waals surface area contributed by atoms with Crippen molar-refractivity contribution >= 4 is 11.3 Å². The normalized spacial score (nSPS) is 23.7. The van der Waals surface area contributed by atoms with Crippen LogP contribution in [0.4, 0.5) is 0 Å². The van der Waals surface area contributed by atoms with E-state index in [9.17, 15) is 0 Å². The molecule has 1 atom stereocenters. The first-order chi connectivity index (χ1) is 12.1. The van der Waals surface area contributed by atoms with Gasteiger partial charge in [-0.3, -0.25) is 9.80 Å². The summed E-state index contributed by atoms with van der Waals surface area (Å²) in [5.41, 5.74) is 1.52. The van der Waals surface area contributed by atoms with Crippen LogP contribution in [0, 0.1) is 0 Å². The van der Waals surface area contributed by atoms with Gasteiger partial charge in [0.1, 0.15) is 0 Å². The third-order valence-corrected chi connectivity index (χ3v) is 6.86. The van der Waals surface area contributed by atoms with Crippen LogP contribution in [-0.4, -0.2) is 52.8 Å². The molecule has 0 aromatic carbocycles. The largest absolute Gasteiger partial charge is 0.373 e. The van der Waals surface area contributed by atoms with Crippen molar-refractivity contribution in [2.45, 2.75) is 44.0 Å². The second-order valence-electron chi connectivity index (χ2n) is 7.73. The number of aromatic nitrogens is 1. The lowest BCUT2D eigenvalue weighted by Crippen LogP contribution is -2.44. The zero-order chi connectivity index (χ0) is 17.3. The first-order valence-corrected chi connectivity index (χ1v) is 10.2. The topological polar surface area (TPSA) is 20.6 Å². The van der Waals surface area contributed by atoms with Gasteiger partial charge < -0.3 is 9.30 Å². The zero-order valence-corrected chi connectivity index (χ0v) is 16.2. The lowest BCUT2D eigenvalue weighted by Gasteiger charge is -2.39. The minimum atomic E-state index is 0.124. The molecular weight excluding hydrogens is 330 g/mol. The van der Waals surface area contributed by atoms with Crippen molar-refractivity contribution in [1.82, 2.24) is 14.4 Å². The van der Waals surface area contributed by atoms with E-state index >= 15 is 0 Å².